The molecular weight excluding hydrogens is 216 g/mol. The Balaban J connectivity index is 2.08. The van der Waals surface area contributed by atoms with Crippen molar-refractivity contribution in [1.29, 1.82) is 0 Å². The summed E-state index contributed by atoms with van der Waals surface area (Å²) in [6, 6.07) is 5.90. The SMILES string of the molecule is CNCCC(=O)Nc1cccc2c1OCCC2. The molecule has 17 heavy (non-hydrogen) atoms. The molecule has 4 nitrogen and oxygen atoms in total. The van der Waals surface area contributed by atoms with Gasteiger partial charge < -0.3 is 15.4 Å². The van der Waals surface area contributed by atoms with Crippen molar-refractivity contribution in [3.05, 3.63) is 23.8 Å². The molecule has 0 aliphatic carbocycles. The third-order valence-electron chi connectivity index (χ3n) is 2.81. The normalized spacial score (nSPS) is 13.7. The van der Waals surface area contributed by atoms with Gasteiger partial charge in [0.15, 0.2) is 0 Å². The van der Waals surface area contributed by atoms with Crippen LogP contribution in [0.4, 0.5) is 5.69 Å². The second-order valence-electron chi connectivity index (χ2n) is 4.15. The molecule has 0 spiro atoms. The van der Waals surface area contributed by atoms with Gasteiger partial charge in [-0.2, -0.15) is 0 Å². The number of rotatable bonds is 4. The maximum Gasteiger partial charge on any atom is 0.225 e. The summed E-state index contributed by atoms with van der Waals surface area (Å²) < 4.78 is 5.63. The lowest BCUT2D eigenvalue weighted by atomic mass is 10.1. The molecule has 0 unspecified atom stereocenters. The Hall–Kier alpha value is -1.55. The summed E-state index contributed by atoms with van der Waals surface area (Å²) in [5.74, 6) is 0.860. The molecule has 1 amide bonds. The summed E-state index contributed by atoms with van der Waals surface area (Å²) in [5, 5.41) is 5.86. The van der Waals surface area contributed by atoms with Crippen LogP contribution in [-0.2, 0) is 11.2 Å². The zero-order valence-corrected chi connectivity index (χ0v) is 10.1. The molecule has 0 fully saturated rings. The van der Waals surface area contributed by atoms with Crippen molar-refractivity contribution in [3.8, 4) is 5.75 Å². The monoisotopic (exact) mass is 234 g/mol. The number of hydrogen-bond donors (Lipinski definition) is 2. The first-order valence-corrected chi connectivity index (χ1v) is 6.00. The van der Waals surface area contributed by atoms with E-state index in [2.05, 4.69) is 16.7 Å². The average molecular weight is 234 g/mol. The van der Waals surface area contributed by atoms with Gasteiger partial charge in [-0.05, 0) is 31.5 Å². The summed E-state index contributed by atoms with van der Waals surface area (Å²) in [7, 11) is 1.83. The molecule has 2 N–H and O–H groups in total. The topological polar surface area (TPSA) is 50.4 Å². The standard InChI is InChI=1S/C13H18N2O2/c1-14-8-7-12(16)15-11-6-2-4-10-5-3-9-17-13(10)11/h2,4,6,14H,3,5,7-9H2,1H3,(H,15,16). The second kappa shape index (κ2) is 5.68. The highest BCUT2D eigenvalue weighted by Gasteiger charge is 2.15. The van der Waals surface area contributed by atoms with Gasteiger partial charge in [-0.1, -0.05) is 12.1 Å². The van der Waals surface area contributed by atoms with E-state index >= 15 is 0 Å². The van der Waals surface area contributed by atoms with E-state index in [1.807, 2.05) is 19.2 Å². The summed E-state index contributed by atoms with van der Waals surface area (Å²) in [6.07, 6.45) is 2.54. The predicted molar refractivity (Wildman–Crippen MR) is 67.4 cm³/mol. The smallest absolute Gasteiger partial charge is 0.225 e. The summed E-state index contributed by atoms with van der Waals surface area (Å²) >= 11 is 0. The molecule has 1 aromatic rings. The molecule has 1 heterocycles. The number of nitrogens with one attached hydrogen (secondary N) is 2. The number of carbonyl (C=O) groups excluding carboxylic acids is 1. The van der Waals surface area contributed by atoms with Crippen LogP contribution < -0.4 is 15.4 Å². The lowest BCUT2D eigenvalue weighted by molar-refractivity contribution is -0.116. The third kappa shape index (κ3) is 2.97. The minimum absolute atomic E-state index is 0.0157. The van der Waals surface area contributed by atoms with E-state index in [4.69, 9.17) is 4.74 Å². The Morgan fingerprint density at radius 1 is 1.47 bits per heavy atom. The molecule has 0 aromatic heterocycles. The number of fused-ring (bicyclic) bond motifs is 1. The van der Waals surface area contributed by atoms with Crippen molar-refractivity contribution in [2.75, 3.05) is 25.5 Å². The molecule has 1 aliphatic rings. The van der Waals surface area contributed by atoms with E-state index in [-0.39, 0.29) is 5.91 Å². The number of benzene rings is 1. The van der Waals surface area contributed by atoms with Gasteiger partial charge in [-0.25, -0.2) is 0 Å². The summed E-state index contributed by atoms with van der Waals surface area (Å²) in [6.45, 7) is 1.41. The van der Waals surface area contributed by atoms with E-state index in [1.54, 1.807) is 0 Å². The van der Waals surface area contributed by atoms with Crippen LogP contribution in [0.5, 0.6) is 5.75 Å². The van der Waals surface area contributed by atoms with Crippen molar-refractivity contribution in [3.63, 3.8) is 0 Å². The molecule has 0 radical (unpaired) electrons. The van der Waals surface area contributed by atoms with Crippen molar-refractivity contribution < 1.29 is 9.53 Å². The van der Waals surface area contributed by atoms with Gasteiger partial charge in [0.1, 0.15) is 5.75 Å². The third-order valence-corrected chi connectivity index (χ3v) is 2.81. The molecule has 2 rings (SSSR count). The van der Waals surface area contributed by atoms with Crippen LogP contribution in [0.2, 0.25) is 0 Å². The quantitative estimate of drug-likeness (QED) is 0.831. The predicted octanol–water partition coefficient (Wildman–Crippen LogP) is 1.56. The van der Waals surface area contributed by atoms with Gasteiger partial charge in [0.05, 0.1) is 12.3 Å². The fraction of sp³-hybridized carbons (Fsp3) is 0.462. The van der Waals surface area contributed by atoms with Crippen LogP contribution in [0.1, 0.15) is 18.4 Å². The van der Waals surface area contributed by atoms with Gasteiger partial charge in [0.2, 0.25) is 5.91 Å². The summed E-state index contributed by atoms with van der Waals surface area (Å²) in [5.41, 5.74) is 1.98. The maximum atomic E-state index is 11.7. The Morgan fingerprint density at radius 2 is 2.35 bits per heavy atom. The van der Waals surface area contributed by atoms with Crippen LogP contribution in [-0.4, -0.2) is 26.1 Å². The Labute approximate surface area is 101 Å². The van der Waals surface area contributed by atoms with Crippen LogP contribution in [0.25, 0.3) is 0 Å². The number of para-hydroxylation sites is 1. The average Bonchev–Trinajstić information content (AvgIpc) is 2.37. The second-order valence-corrected chi connectivity index (χ2v) is 4.15. The molecule has 1 aromatic carbocycles. The van der Waals surface area contributed by atoms with E-state index in [1.165, 1.54) is 5.56 Å². The highest BCUT2D eigenvalue weighted by atomic mass is 16.5. The largest absolute Gasteiger partial charge is 0.491 e. The van der Waals surface area contributed by atoms with Crippen molar-refractivity contribution in [2.45, 2.75) is 19.3 Å². The van der Waals surface area contributed by atoms with Crippen LogP contribution in [0.15, 0.2) is 18.2 Å². The van der Waals surface area contributed by atoms with Crippen molar-refractivity contribution >= 4 is 11.6 Å². The Morgan fingerprint density at radius 3 is 3.18 bits per heavy atom. The first-order chi connectivity index (χ1) is 8.31. The van der Waals surface area contributed by atoms with Crippen molar-refractivity contribution in [1.82, 2.24) is 5.32 Å². The van der Waals surface area contributed by atoms with Gasteiger partial charge in [0.25, 0.3) is 0 Å². The molecule has 92 valence electrons. The van der Waals surface area contributed by atoms with E-state index in [0.717, 1.165) is 30.9 Å². The van der Waals surface area contributed by atoms with Crippen LogP contribution >= 0.6 is 0 Å². The minimum Gasteiger partial charge on any atom is -0.491 e. The Bertz CT molecular complexity index is 404. The highest BCUT2D eigenvalue weighted by molar-refractivity contribution is 5.92. The molecule has 0 atom stereocenters. The highest BCUT2D eigenvalue weighted by Crippen LogP contribution is 2.32. The Kier molecular flexibility index (Phi) is 3.98. The molecular formula is C13H18N2O2. The first-order valence-electron chi connectivity index (χ1n) is 6.00. The van der Waals surface area contributed by atoms with E-state index in [9.17, 15) is 4.79 Å². The zero-order valence-electron chi connectivity index (χ0n) is 10.1. The van der Waals surface area contributed by atoms with Crippen molar-refractivity contribution in [2.24, 2.45) is 0 Å². The fourth-order valence-electron chi connectivity index (χ4n) is 1.94. The van der Waals surface area contributed by atoms with Gasteiger partial charge >= 0.3 is 0 Å². The van der Waals surface area contributed by atoms with E-state index in [0.29, 0.717) is 13.0 Å². The number of ether oxygens (including phenoxy) is 1. The summed E-state index contributed by atoms with van der Waals surface area (Å²) in [4.78, 5) is 11.7. The first kappa shape index (κ1) is 11.9. The maximum absolute atomic E-state index is 11.7. The number of amides is 1. The molecule has 0 saturated heterocycles. The zero-order chi connectivity index (χ0) is 12.1. The fourth-order valence-corrected chi connectivity index (χ4v) is 1.94. The number of hydrogen-bond acceptors (Lipinski definition) is 3. The lowest BCUT2D eigenvalue weighted by Crippen LogP contribution is -2.20. The number of aryl methyl sites for hydroxylation is 1. The number of anilines is 1. The number of carbonyl (C=O) groups is 1. The van der Waals surface area contributed by atoms with Crippen LogP contribution in [0.3, 0.4) is 0 Å². The minimum atomic E-state index is 0.0157. The van der Waals surface area contributed by atoms with E-state index < -0.39 is 0 Å². The lowest BCUT2D eigenvalue weighted by Gasteiger charge is -2.20. The molecule has 4 heteroatoms. The van der Waals surface area contributed by atoms with Gasteiger partial charge in [0, 0.05) is 13.0 Å². The molecule has 0 saturated carbocycles. The molecule has 0 bridgehead atoms. The molecule has 1 aliphatic heterocycles. The van der Waals surface area contributed by atoms with Gasteiger partial charge in [-0.3, -0.25) is 4.79 Å². The van der Waals surface area contributed by atoms with Crippen LogP contribution in [0, 0.1) is 0 Å². The van der Waals surface area contributed by atoms with Gasteiger partial charge in [-0.15, -0.1) is 0 Å².